The summed E-state index contributed by atoms with van der Waals surface area (Å²) in [5.74, 6) is 0. The van der Waals surface area contributed by atoms with Crippen molar-refractivity contribution >= 4 is 6.09 Å². The average Bonchev–Trinajstić information content (AvgIpc) is 2.46. The van der Waals surface area contributed by atoms with Crippen LogP contribution in [0.1, 0.15) is 52.1 Å². The Morgan fingerprint density at radius 2 is 2.00 bits per heavy atom. The van der Waals surface area contributed by atoms with E-state index >= 15 is 0 Å². The molecule has 1 fully saturated rings. The lowest BCUT2D eigenvalue weighted by Crippen LogP contribution is -2.49. The van der Waals surface area contributed by atoms with E-state index in [-0.39, 0.29) is 12.1 Å². The molecule has 1 aromatic rings. The smallest absolute Gasteiger partial charge is 0.410 e. The molecule has 4 heteroatoms. The van der Waals surface area contributed by atoms with Crippen molar-refractivity contribution < 1.29 is 9.53 Å². The van der Waals surface area contributed by atoms with Crippen LogP contribution in [0.5, 0.6) is 0 Å². The third-order valence-electron chi connectivity index (χ3n) is 3.86. The summed E-state index contributed by atoms with van der Waals surface area (Å²) in [6.07, 6.45) is 1.90. The lowest BCUT2D eigenvalue weighted by atomic mass is 10.0. The number of nitrogens with zero attached hydrogens (tertiary/aromatic N) is 1. The van der Waals surface area contributed by atoms with Gasteiger partial charge in [-0.25, -0.2) is 4.79 Å². The molecule has 0 aromatic heterocycles. The van der Waals surface area contributed by atoms with Crippen molar-refractivity contribution in [1.29, 1.82) is 0 Å². The van der Waals surface area contributed by atoms with Gasteiger partial charge in [-0.05, 0) is 46.1 Å². The highest BCUT2D eigenvalue weighted by atomic mass is 16.6. The van der Waals surface area contributed by atoms with E-state index in [4.69, 9.17) is 4.74 Å². The Morgan fingerprint density at radius 3 is 2.64 bits per heavy atom. The first-order valence-corrected chi connectivity index (χ1v) is 8.14. The second kappa shape index (κ2) is 7.14. The summed E-state index contributed by atoms with van der Waals surface area (Å²) in [4.78, 5) is 14.0. The molecule has 2 atom stereocenters. The van der Waals surface area contributed by atoms with Crippen LogP contribution in [-0.2, 0) is 4.74 Å². The Hall–Kier alpha value is -1.55. The number of piperidine rings is 1. The predicted octanol–water partition coefficient (Wildman–Crippen LogP) is 3.74. The maximum atomic E-state index is 12.2. The van der Waals surface area contributed by atoms with Gasteiger partial charge in [-0.15, -0.1) is 0 Å². The molecule has 0 aliphatic carbocycles. The van der Waals surface area contributed by atoms with Crippen LogP contribution in [0.4, 0.5) is 4.79 Å². The van der Waals surface area contributed by atoms with E-state index < -0.39 is 5.60 Å². The van der Waals surface area contributed by atoms with E-state index in [1.807, 2.05) is 31.7 Å². The van der Waals surface area contributed by atoms with Crippen LogP contribution in [0, 0.1) is 0 Å². The molecule has 1 unspecified atom stereocenters. The van der Waals surface area contributed by atoms with Gasteiger partial charge in [0.2, 0.25) is 0 Å². The van der Waals surface area contributed by atoms with Crippen molar-refractivity contribution in [3.63, 3.8) is 0 Å². The maximum Gasteiger partial charge on any atom is 0.410 e. The Labute approximate surface area is 133 Å². The SMILES string of the molecule is CC(N[C@@H]1CCCN(C(=O)OC(C)(C)C)C1)c1ccccc1. The summed E-state index contributed by atoms with van der Waals surface area (Å²) < 4.78 is 5.47. The minimum absolute atomic E-state index is 0.202. The van der Waals surface area contributed by atoms with Gasteiger partial charge in [0.1, 0.15) is 5.60 Å². The van der Waals surface area contributed by atoms with Gasteiger partial charge in [0.05, 0.1) is 0 Å². The van der Waals surface area contributed by atoms with Crippen molar-refractivity contribution in [3.8, 4) is 0 Å². The van der Waals surface area contributed by atoms with Crippen LogP contribution in [-0.4, -0.2) is 35.7 Å². The molecule has 122 valence electrons. The molecular formula is C18H28N2O2. The van der Waals surface area contributed by atoms with Crippen molar-refractivity contribution in [2.75, 3.05) is 13.1 Å². The Kier molecular flexibility index (Phi) is 5.46. The van der Waals surface area contributed by atoms with Gasteiger partial charge in [0.25, 0.3) is 0 Å². The quantitative estimate of drug-likeness (QED) is 0.925. The van der Waals surface area contributed by atoms with Crippen LogP contribution >= 0.6 is 0 Å². The van der Waals surface area contributed by atoms with Crippen LogP contribution in [0.25, 0.3) is 0 Å². The third kappa shape index (κ3) is 5.02. The number of carbonyl (C=O) groups excluding carboxylic acids is 1. The summed E-state index contributed by atoms with van der Waals surface area (Å²) in [7, 11) is 0. The number of hydrogen-bond donors (Lipinski definition) is 1. The molecule has 1 aromatic carbocycles. The zero-order chi connectivity index (χ0) is 16.2. The summed E-state index contributed by atoms with van der Waals surface area (Å²) in [6, 6.07) is 11.0. The summed E-state index contributed by atoms with van der Waals surface area (Å²) >= 11 is 0. The highest BCUT2D eigenvalue weighted by molar-refractivity contribution is 5.68. The normalized spacial score (nSPS) is 20.5. The molecule has 0 spiro atoms. The fourth-order valence-electron chi connectivity index (χ4n) is 2.80. The molecule has 4 nitrogen and oxygen atoms in total. The number of carbonyl (C=O) groups is 1. The zero-order valence-corrected chi connectivity index (χ0v) is 14.1. The summed E-state index contributed by atoms with van der Waals surface area (Å²) in [6.45, 7) is 9.38. The lowest BCUT2D eigenvalue weighted by Gasteiger charge is -2.35. The molecule has 0 radical (unpaired) electrons. The van der Waals surface area contributed by atoms with Crippen LogP contribution in [0.15, 0.2) is 30.3 Å². The third-order valence-corrected chi connectivity index (χ3v) is 3.86. The Bertz CT molecular complexity index is 482. The van der Waals surface area contributed by atoms with Gasteiger partial charge in [0.15, 0.2) is 0 Å². The van der Waals surface area contributed by atoms with Gasteiger partial charge in [-0.1, -0.05) is 30.3 Å². The Morgan fingerprint density at radius 1 is 1.32 bits per heavy atom. The van der Waals surface area contributed by atoms with E-state index in [2.05, 4.69) is 36.5 Å². The average molecular weight is 304 g/mol. The molecule has 0 bridgehead atoms. The molecule has 1 aliphatic heterocycles. The molecule has 1 aliphatic rings. The monoisotopic (exact) mass is 304 g/mol. The number of likely N-dealkylation sites (tertiary alicyclic amines) is 1. The molecule has 0 saturated carbocycles. The zero-order valence-electron chi connectivity index (χ0n) is 14.1. The molecule has 1 saturated heterocycles. The fraction of sp³-hybridized carbons (Fsp3) is 0.611. The number of benzene rings is 1. The van der Waals surface area contributed by atoms with Crippen molar-refractivity contribution in [2.45, 2.75) is 58.2 Å². The summed E-state index contributed by atoms with van der Waals surface area (Å²) in [5, 5.41) is 3.63. The second-order valence-corrected chi connectivity index (χ2v) is 7.06. The van der Waals surface area contributed by atoms with E-state index in [9.17, 15) is 4.79 Å². The topological polar surface area (TPSA) is 41.6 Å². The van der Waals surface area contributed by atoms with Gasteiger partial charge < -0.3 is 15.0 Å². The number of nitrogens with one attached hydrogen (secondary N) is 1. The second-order valence-electron chi connectivity index (χ2n) is 7.06. The molecule has 22 heavy (non-hydrogen) atoms. The Balaban J connectivity index is 1.89. The largest absolute Gasteiger partial charge is 0.444 e. The number of amides is 1. The minimum Gasteiger partial charge on any atom is -0.444 e. The number of rotatable bonds is 3. The predicted molar refractivity (Wildman–Crippen MR) is 88.8 cm³/mol. The fourth-order valence-corrected chi connectivity index (χ4v) is 2.80. The highest BCUT2D eigenvalue weighted by Crippen LogP contribution is 2.18. The lowest BCUT2D eigenvalue weighted by molar-refractivity contribution is 0.0184. The van der Waals surface area contributed by atoms with E-state index in [0.29, 0.717) is 12.6 Å². The first kappa shape index (κ1) is 16.8. The summed E-state index contributed by atoms with van der Waals surface area (Å²) in [5.41, 5.74) is 0.839. The van der Waals surface area contributed by atoms with E-state index in [1.165, 1.54) is 5.56 Å². The van der Waals surface area contributed by atoms with Gasteiger partial charge >= 0.3 is 6.09 Å². The van der Waals surface area contributed by atoms with Crippen LogP contribution in [0.2, 0.25) is 0 Å². The van der Waals surface area contributed by atoms with Gasteiger partial charge in [0, 0.05) is 25.2 Å². The standard InChI is InChI=1S/C18H28N2O2/c1-14(15-9-6-5-7-10-15)19-16-11-8-12-20(13-16)17(21)22-18(2,3)4/h5-7,9-10,14,16,19H,8,11-13H2,1-4H3/t14?,16-/m1/s1. The van der Waals surface area contributed by atoms with Crippen LogP contribution < -0.4 is 5.32 Å². The van der Waals surface area contributed by atoms with E-state index in [1.54, 1.807) is 0 Å². The first-order chi connectivity index (χ1) is 10.3. The molecule has 1 heterocycles. The minimum atomic E-state index is -0.436. The van der Waals surface area contributed by atoms with Crippen molar-refractivity contribution in [1.82, 2.24) is 10.2 Å². The van der Waals surface area contributed by atoms with Gasteiger partial charge in [-0.3, -0.25) is 0 Å². The molecule has 2 rings (SSSR count). The van der Waals surface area contributed by atoms with Crippen molar-refractivity contribution in [2.24, 2.45) is 0 Å². The van der Waals surface area contributed by atoms with E-state index in [0.717, 1.165) is 19.4 Å². The maximum absolute atomic E-state index is 12.2. The number of hydrogen-bond acceptors (Lipinski definition) is 3. The van der Waals surface area contributed by atoms with Crippen molar-refractivity contribution in [3.05, 3.63) is 35.9 Å². The van der Waals surface area contributed by atoms with Gasteiger partial charge in [-0.2, -0.15) is 0 Å². The number of ether oxygens (including phenoxy) is 1. The molecular weight excluding hydrogens is 276 g/mol. The highest BCUT2D eigenvalue weighted by Gasteiger charge is 2.28. The molecule has 1 N–H and O–H groups in total. The molecule has 1 amide bonds. The van der Waals surface area contributed by atoms with Crippen LogP contribution in [0.3, 0.4) is 0 Å². The first-order valence-electron chi connectivity index (χ1n) is 8.14.